The molecule has 0 aliphatic rings. The molecular weight excluding hydrogens is 370 g/mol. The summed E-state index contributed by atoms with van der Waals surface area (Å²) in [6.07, 6.45) is 2.90. The van der Waals surface area contributed by atoms with Crippen molar-refractivity contribution < 1.29 is 18.1 Å². The first kappa shape index (κ1) is 20.3. The fourth-order valence-electron chi connectivity index (χ4n) is 2.36. The van der Waals surface area contributed by atoms with Crippen LogP contribution in [0.3, 0.4) is 0 Å². The largest absolute Gasteiger partial charge is 0.335 e. The highest BCUT2D eigenvalue weighted by Gasteiger charge is 2.17. The molecule has 0 radical (unpaired) electrons. The summed E-state index contributed by atoms with van der Waals surface area (Å²) in [6, 6.07) is 11.5. The summed E-state index contributed by atoms with van der Waals surface area (Å²) in [4.78, 5) is 24.0. The summed E-state index contributed by atoms with van der Waals surface area (Å²) in [6.45, 7) is 1.76. The van der Waals surface area contributed by atoms with Crippen LogP contribution in [0.25, 0.3) is 6.08 Å². The number of nitro benzene ring substituents is 1. The van der Waals surface area contributed by atoms with E-state index in [1.807, 2.05) is 0 Å². The molecule has 0 fully saturated rings. The molecule has 0 saturated heterocycles. The minimum atomic E-state index is -3.83. The Morgan fingerprint density at radius 2 is 1.85 bits per heavy atom. The topological polar surface area (TPSA) is 124 Å². The van der Waals surface area contributed by atoms with Gasteiger partial charge in [0, 0.05) is 25.3 Å². The number of hydrogen-bond donors (Lipinski definition) is 1. The molecule has 2 aromatic rings. The number of sulfonamides is 1. The quantitative estimate of drug-likeness (QED) is 0.462. The van der Waals surface area contributed by atoms with E-state index >= 15 is 0 Å². The van der Waals surface area contributed by atoms with Crippen LogP contribution < -0.4 is 5.14 Å². The number of nitrogens with two attached hydrogens (primary N) is 1. The molecule has 1 atom stereocenters. The molecule has 0 spiro atoms. The molecule has 0 bridgehead atoms. The molecule has 2 aromatic carbocycles. The minimum absolute atomic E-state index is 0.0193. The highest BCUT2D eigenvalue weighted by molar-refractivity contribution is 7.89. The van der Waals surface area contributed by atoms with Crippen LogP contribution in [0.1, 0.15) is 24.1 Å². The van der Waals surface area contributed by atoms with E-state index in [9.17, 15) is 23.3 Å². The van der Waals surface area contributed by atoms with Crippen LogP contribution >= 0.6 is 0 Å². The van der Waals surface area contributed by atoms with Crippen LogP contribution in [0.15, 0.2) is 59.5 Å². The van der Waals surface area contributed by atoms with Crippen LogP contribution in [-0.4, -0.2) is 31.2 Å². The number of carbonyl (C=O) groups excluding carboxylic acids is 1. The summed E-state index contributed by atoms with van der Waals surface area (Å²) in [5, 5.41) is 15.8. The van der Waals surface area contributed by atoms with E-state index in [1.54, 1.807) is 44.3 Å². The number of nitro groups is 1. The molecule has 0 heterocycles. The van der Waals surface area contributed by atoms with Crippen molar-refractivity contribution in [3.8, 4) is 0 Å². The number of amides is 1. The number of carbonyl (C=O) groups is 1. The van der Waals surface area contributed by atoms with Crippen LogP contribution in [0.5, 0.6) is 0 Å². The first-order chi connectivity index (χ1) is 12.6. The number of primary sulfonamides is 1. The van der Waals surface area contributed by atoms with Crippen LogP contribution in [-0.2, 0) is 14.8 Å². The van der Waals surface area contributed by atoms with Gasteiger partial charge in [0.05, 0.1) is 15.9 Å². The first-order valence-corrected chi connectivity index (χ1v) is 9.46. The summed E-state index contributed by atoms with van der Waals surface area (Å²) < 4.78 is 23.0. The smallest absolute Gasteiger partial charge is 0.269 e. The second kappa shape index (κ2) is 8.11. The molecule has 142 valence electrons. The summed E-state index contributed by atoms with van der Waals surface area (Å²) >= 11 is 0. The van der Waals surface area contributed by atoms with Gasteiger partial charge in [-0.05, 0) is 48.4 Å². The van der Waals surface area contributed by atoms with Crippen molar-refractivity contribution in [1.82, 2.24) is 4.90 Å². The Bertz CT molecular complexity index is 984. The number of non-ortho nitro benzene ring substituents is 1. The molecule has 2 rings (SSSR count). The third kappa shape index (κ3) is 5.22. The van der Waals surface area contributed by atoms with Gasteiger partial charge >= 0.3 is 0 Å². The van der Waals surface area contributed by atoms with Gasteiger partial charge in [-0.2, -0.15) is 0 Å². The Morgan fingerprint density at radius 1 is 1.22 bits per heavy atom. The lowest BCUT2D eigenvalue weighted by atomic mass is 10.1. The number of hydrogen-bond acceptors (Lipinski definition) is 5. The van der Waals surface area contributed by atoms with E-state index in [1.165, 1.54) is 35.2 Å². The minimum Gasteiger partial charge on any atom is -0.335 e. The van der Waals surface area contributed by atoms with Crippen molar-refractivity contribution in [3.05, 3.63) is 75.8 Å². The monoisotopic (exact) mass is 389 g/mol. The molecule has 1 unspecified atom stereocenters. The molecule has 27 heavy (non-hydrogen) atoms. The average Bonchev–Trinajstić information content (AvgIpc) is 2.64. The van der Waals surface area contributed by atoms with Crippen molar-refractivity contribution in [2.75, 3.05) is 7.05 Å². The van der Waals surface area contributed by atoms with Crippen LogP contribution in [0.4, 0.5) is 5.69 Å². The van der Waals surface area contributed by atoms with E-state index < -0.39 is 14.9 Å². The predicted molar refractivity (Wildman–Crippen MR) is 101 cm³/mol. The Balaban J connectivity index is 2.13. The summed E-state index contributed by atoms with van der Waals surface area (Å²) in [7, 11) is -2.23. The molecule has 0 saturated carbocycles. The molecule has 8 nitrogen and oxygen atoms in total. The van der Waals surface area contributed by atoms with Gasteiger partial charge in [-0.3, -0.25) is 14.9 Å². The molecule has 9 heteroatoms. The van der Waals surface area contributed by atoms with Crippen LogP contribution in [0.2, 0.25) is 0 Å². The highest BCUT2D eigenvalue weighted by Crippen LogP contribution is 2.22. The van der Waals surface area contributed by atoms with Crippen molar-refractivity contribution in [2.45, 2.75) is 17.9 Å². The maximum absolute atomic E-state index is 12.4. The second-order valence-electron chi connectivity index (χ2n) is 5.92. The van der Waals surface area contributed by atoms with Gasteiger partial charge in [0.1, 0.15) is 0 Å². The Labute approximate surface area is 157 Å². The number of nitrogens with zero attached hydrogens (tertiary/aromatic N) is 2. The zero-order chi connectivity index (χ0) is 20.2. The Morgan fingerprint density at radius 3 is 2.41 bits per heavy atom. The Kier molecular flexibility index (Phi) is 6.09. The summed E-state index contributed by atoms with van der Waals surface area (Å²) in [5.74, 6) is -0.304. The Hall–Kier alpha value is -3.04. The van der Waals surface area contributed by atoms with Crippen LogP contribution in [0, 0.1) is 10.1 Å². The van der Waals surface area contributed by atoms with Gasteiger partial charge in [-0.25, -0.2) is 13.6 Å². The summed E-state index contributed by atoms with van der Waals surface area (Å²) in [5.41, 5.74) is 1.24. The van der Waals surface area contributed by atoms with E-state index in [4.69, 9.17) is 5.14 Å². The fourth-order valence-corrected chi connectivity index (χ4v) is 2.93. The van der Waals surface area contributed by atoms with E-state index in [0.717, 1.165) is 0 Å². The standard InChI is InChI=1S/C18H19N3O5S/c1-13(15-4-3-5-17(12-15)27(19,25)26)20(2)18(22)11-8-14-6-9-16(10-7-14)21(23)24/h3-13H,1-2H3,(H2,19,25,26)/b11-8+. The molecule has 2 N–H and O–H groups in total. The normalized spacial score (nSPS) is 12.7. The second-order valence-corrected chi connectivity index (χ2v) is 7.49. The van der Waals surface area contributed by atoms with Gasteiger partial charge in [0.15, 0.2) is 0 Å². The zero-order valence-electron chi connectivity index (χ0n) is 14.8. The fraction of sp³-hybridized carbons (Fsp3) is 0.167. The molecule has 1 amide bonds. The third-order valence-electron chi connectivity index (χ3n) is 4.12. The van der Waals surface area contributed by atoms with Crippen molar-refractivity contribution in [1.29, 1.82) is 0 Å². The highest BCUT2D eigenvalue weighted by atomic mass is 32.2. The molecule has 0 aliphatic carbocycles. The van der Waals surface area contributed by atoms with E-state index in [0.29, 0.717) is 11.1 Å². The van der Waals surface area contributed by atoms with Gasteiger partial charge in [-0.1, -0.05) is 12.1 Å². The molecule has 0 aliphatic heterocycles. The van der Waals surface area contributed by atoms with E-state index in [2.05, 4.69) is 0 Å². The van der Waals surface area contributed by atoms with Gasteiger partial charge < -0.3 is 4.90 Å². The lowest BCUT2D eigenvalue weighted by Crippen LogP contribution is -2.28. The maximum Gasteiger partial charge on any atom is 0.269 e. The lowest BCUT2D eigenvalue weighted by molar-refractivity contribution is -0.384. The number of likely N-dealkylation sites (N-methyl/N-ethyl adjacent to an activating group) is 1. The van der Waals surface area contributed by atoms with Gasteiger partial charge in [0.25, 0.3) is 5.69 Å². The predicted octanol–water partition coefficient (Wildman–Crippen LogP) is 2.48. The zero-order valence-corrected chi connectivity index (χ0v) is 15.6. The van der Waals surface area contributed by atoms with E-state index in [-0.39, 0.29) is 22.5 Å². The lowest BCUT2D eigenvalue weighted by Gasteiger charge is -2.24. The average molecular weight is 389 g/mol. The first-order valence-electron chi connectivity index (χ1n) is 7.91. The van der Waals surface area contributed by atoms with Gasteiger partial charge in [-0.15, -0.1) is 0 Å². The maximum atomic E-state index is 12.4. The molecule has 0 aromatic heterocycles. The van der Waals surface area contributed by atoms with Crippen molar-refractivity contribution in [2.24, 2.45) is 5.14 Å². The SMILES string of the molecule is CC(c1cccc(S(N)(=O)=O)c1)N(C)C(=O)/C=C/c1ccc([N+](=O)[O-])cc1. The number of benzene rings is 2. The third-order valence-corrected chi connectivity index (χ3v) is 5.03. The molecular formula is C18H19N3O5S. The van der Waals surface area contributed by atoms with Crippen molar-refractivity contribution >= 4 is 27.7 Å². The van der Waals surface area contributed by atoms with Gasteiger partial charge in [0.2, 0.25) is 15.9 Å². The van der Waals surface area contributed by atoms with Crippen molar-refractivity contribution in [3.63, 3.8) is 0 Å². The number of rotatable bonds is 6.